The molecular formula is C10H14O4. The summed E-state index contributed by atoms with van der Waals surface area (Å²) >= 11 is 0. The molecule has 14 heavy (non-hydrogen) atoms. The Morgan fingerprint density at radius 3 is 2.64 bits per heavy atom. The molecule has 4 heteroatoms. The van der Waals surface area contributed by atoms with Crippen molar-refractivity contribution in [2.75, 3.05) is 13.7 Å². The van der Waals surface area contributed by atoms with Gasteiger partial charge in [0.1, 0.15) is 0 Å². The van der Waals surface area contributed by atoms with Crippen LogP contribution in [0.3, 0.4) is 0 Å². The molecule has 0 spiro atoms. The lowest BCUT2D eigenvalue weighted by molar-refractivity contribution is -0.146. The van der Waals surface area contributed by atoms with E-state index in [0.717, 1.165) is 0 Å². The lowest BCUT2D eigenvalue weighted by Gasteiger charge is -2.07. The van der Waals surface area contributed by atoms with Crippen molar-refractivity contribution in [3.05, 3.63) is 0 Å². The monoisotopic (exact) mass is 198 g/mol. The number of carbonyl (C=O) groups excluding carboxylic acids is 2. The molecular weight excluding hydrogens is 184 g/mol. The minimum Gasteiger partial charge on any atom is -0.469 e. The first kappa shape index (κ1) is 12.5. The van der Waals surface area contributed by atoms with Gasteiger partial charge < -0.3 is 9.47 Å². The Morgan fingerprint density at radius 2 is 2.14 bits per heavy atom. The molecule has 0 heterocycles. The van der Waals surface area contributed by atoms with E-state index in [0.29, 0.717) is 6.42 Å². The van der Waals surface area contributed by atoms with Crippen molar-refractivity contribution >= 4 is 11.9 Å². The highest BCUT2D eigenvalue weighted by atomic mass is 16.5. The maximum absolute atomic E-state index is 10.9. The number of carbonyl (C=O) groups is 2. The number of esters is 2. The molecule has 1 atom stereocenters. The molecule has 0 bridgehead atoms. The van der Waals surface area contributed by atoms with E-state index in [4.69, 9.17) is 6.42 Å². The van der Waals surface area contributed by atoms with Crippen LogP contribution in [0, 0.1) is 18.3 Å². The van der Waals surface area contributed by atoms with Crippen LogP contribution in [0.15, 0.2) is 0 Å². The molecule has 0 fully saturated rings. The standard InChI is InChI=1S/C10H14O4/c1-4-7-14-9(11)6-5-8(2)10(12)13-3/h1,8H,5-7H2,2-3H3. The summed E-state index contributed by atoms with van der Waals surface area (Å²) in [6.07, 6.45) is 5.49. The largest absolute Gasteiger partial charge is 0.469 e. The fraction of sp³-hybridized carbons (Fsp3) is 0.600. The molecule has 0 N–H and O–H groups in total. The van der Waals surface area contributed by atoms with Gasteiger partial charge in [0, 0.05) is 6.42 Å². The number of ether oxygens (including phenoxy) is 2. The summed E-state index contributed by atoms with van der Waals surface area (Å²) in [6.45, 7) is 1.67. The Morgan fingerprint density at radius 1 is 1.50 bits per heavy atom. The predicted octanol–water partition coefficient (Wildman–Crippen LogP) is 0.752. The van der Waals surface area contributed by atoms with E-state index >= 15 is 0 Å². The average Bonchev–Trinajstić information content (AvgIpc) is 2.21. The van der Waals surface area contributed by atoms with E-state index in [-0.39, 0.29) is 24.9 Å². The van der Waals surface area contributed by atoms with E-state index in [9.17, 15) is 9.59 Å². The first-order chi connectivity index (χ1) is 6.61. The van der Waals surface area contributed by atoms with Crippen LogP contribution in [0.4, 0.5) is 0 Å². The molecule has 0 aromatic rings. The van der Waals surface area contributed by atoms with Crippen molar-refractivity contribution in [2.24, 2.45) is 5.92 Å². The maximum Gasteiger partial charge on any atom is 0.308 e. The summed E-state index contributed by atoms with van der Waals surface area (Å²) in [7, 11) is 1.31. The molecule has 1 unspecified atom stereocenters. The van der Waals surface area contributed by atoms with Gasteiger partial charge in [0.05, 0.1) is 13.0 Å². The molecule has 0 saturated carbocycles. The zero-order chi connectivity index (χ0) is 11.0. The topological polar surface area (TPSA) is 52.6 Å². The summed E-state index contributed by atoms with van der Waals surface area (Å²) in [4.78, 5) is 21.9. The van der Waals surface area contributed by atoms with Crippen LogP contribution in [-0.2, 0) is 19.1 Å². The zero-order valence-corrected chi connectivity index (χ0v) is 8.41. The van der Waals surface area contributed by atoms with Crippen LogP contribution in [0.1, 0.15) is 19.8 Å². The Bertz CT molecular complexity index is 239. The fourth-order valence-electron chi connectivity index (χ4n) is 0.848. The van der Waals surface area contributed by atoms with Crippen LogP contribution in [0.5, 0.6) is 0 Å². The Balaban J connectivity index is 3.67. The van der Waals surface area contributed by atoms with E-state index < -0.39 is 5.97 Å². The van der Waals surface area contributed by atoms with Gasteiger partial charge in [-0.25, -0.2) is 0 Å². The third-order valence-electron chi connectivity index (χ3n) is 1.70. The average molecular weight is 198 g/mol. The minimum atomic E-state index is -0.390. The first-order valence-corrected chi connectivity index (χ1v) is 4.28. The van der Waals surface area contributed by atoms with Gasteiger partial charge in [-0.1, -0.05) is 12.8 Å². The van der Waals surface area contributed by atoms with Crippen molar-refractivity contribution in [3.8, 4) is 12.3 Å². The summed E-state index contributed by atoms with van der Waals surface area (Å²) < 4.78 is 9.13. The van der Waals surface area contributed by atoms with Gasteiger partial charge in [0.25, 0.3) is 0 Å². The van der Waals surface area contributed by atoms with Crippen molar-refractivity contribution in [1.82, 2.24) is 0 Å². The number of methoxy groups -OCH3 is 1. The molecule has 0 aliphatic rings. The van der Waals surface area contributed by atoms with Crippen molar-refractivity contribution in [2.45, 2.75) is 19.8 Å². The Labute approximate surface area is 83.6 Å². The van der Waals surface area contributed by atoms with Gasteiger partial charge in [-0.05, 0) is 6.42 Å². The molecule has 4 nitrogen and oxygen atoms in total. The molecule has 0 aromatic carbocycles. The third kappa shape index (κ3) is 5.20. The number of hydrogen-bond acceptors (Lipinski definition) is 4. The molecule has 0 amide bonds. The van der Waals surface area contributed by atoms with Crippen molar-refractivity contribution < 1.29 is 19.1 Å². The van der Waals surface area contributed by atoms with Crippen LogP contribution in [0.25, 0.3) is 0 Å². The lowest BCUT2D eigenvalue weighted by atomic mass is 10.1. The third-order valence-corrected chi connectivity index (χ3v) is 1.70. The van der Waals surface area contributed by atoms with E-state index in [1.54, 1.807) is 6.92 Å². The molecule has 0 radical (unpaired) electrons. The van der Waals surface area contributed by atoms with Gasteiger partial charge in [-0.2, -0.15) is 0 Å². The quantitative estimate of drug-likeness (QED) is 0.483. The fourth-order valence-corrected chi connectivity index (χ4v) is 0.848. The molecule has 0 aliphatic heterocycles. The first-order valence-electron chi connectivity index (χ1n) is 4.28. The Hall–Kier alpha value is -1.50. The SMILES string of the molecule is C#CCOC(=O)CCC(C)C(=O)OC. The Kier molecular flexibility index (Phi) is 6.21. The van der Waals surface area contributed by atoms with Gasteiger partial charge in [0.15, 0.2) is 6.61 Å². The van der Waals surface area contributed by atoms with Gasteiger partial charge in [0.2, 0.25) is 0 Å². The maximum atomic E-state index is 10.9. The summed E-state index contributed by atoms with van der Waals surface area (Å²) in [5.41, 5.74) is 0. The predicted molar refractivity (Wildman–Crippen MR) is 50.2 cm³/mol. The van der Waals surface area contributed by atoms with E-state index in [1.807, 2.05) is 0 Å². The lowest BCUT2D eigenvalue weighted by Crippen LogP contribution is -2.15. The van der Waals surface area contributed by atoms with Crippen LogP contribution in [0.2, 0.25) is 0 Å². The van der Waals surface area contributed by atoms with Crippen LogP contribution >= 0.6 is 0 Å². The smallest absolute Gasteiger partial charge is 0.308 e. The normalized spacial score (nSPS) is 11.2. The molecule has 0 aromatic heterocycles. The minimum absolute atomic E-state index is 0.0224. The molecule has 0 aliphatic carbocycles. The number of rotatable bonds is 5. The molecule has 0 rings (SSSR count). The summed E-state index contributed by atoms with van der Waals surface area (Å²) in [6, 6.07) is 0. The number of terminal acetylenes is 1. The van der Waals surface area contributed by atoms with Gasteiger partial charge in [-0.15, -0.1) is 6.42 Å². The number of hydrogen-bond donors (Lipinski definition) is 0. The van der Waals surface area contributed by atoms with Crippen molar-refractivity contribution in [3.63, 3.8) is 0 Å². The van der Waals surface area contributed by atoms with E-state index in [1.165, 1.54) is 7.11 Å². The second kappa shape index (κ2) is 6.96. The highest BCUT2D eigenvalue weighted by Crippen LogP contribution is 2.07. The van der Waals surface area contributed by atoms with Gasteiger partial charge in [-0.3, -0.25) is 9.59 Å². The highest BCUT2D eigenvalue weighted by molar-refractivity contribution is 5.74. The zero-order valence-electron chi connectivity index (χ0n) is 8.41. The summed E-state index contributed by atoms with van der Waals surface area (Å²) in [5, 5.41) is 0. The van der Waals surface area contributed by atoms with Crippen LogP contribution in [-0.4, -0.2) is 25.7 Å². The molecule has 78 valence electrons. The second-order valence-corrected chi connectivity index (χ2v) is 2.83. The van der Waals surface area contributed by atoms with Crippen molar-refractivity contribution in [1.29, 1.82) is 0 Å². The summed E-state index contributed by atoms with van der Waals surface area (Å²) in [5.74, 6) is 1.18. The van der Waals surface area contributed by atoms with E-state index in [2.05, 4.69) is 15.4 Å². The van der Waals surface area contributed by atoms with Crippen LogP contribution < -0.4 is 0 Å². The molecule has 0 saturated heterocycles. The highest BCUT2D eigenvalue weighted by Gasteiger charge is 2.14. The van der Waals surface area contributed by atoms with Gasteiger partial charge >= 0.3 is 11.9 Å². The second-order valence-electron chi connectivity index (χ2n) is 2.83.